The van der Waals surface area contributed by atoms with E-state index < -0.39 is 6.09 Å². The number of carbonyl (C=O) groups excluding carboxylic acids is 1. The molecular formula is C14H12BrNO2S. The summed E-state index contributed by atoms with van der Waals surface area (Å²) in [5.74, 6) is 0. The predicted octanol–water partition coefficient (Wildman–Crippen LogP) is 4.49. The van der Waals surface area contributed by atoms with Gasteiger partial charge in [-0.15, -0.1) is 12.6 Å². The molecule has 0 fully saturated rings. The number of halogens is 1. The fourth-order valence-corrected chi connectivity index (χ4v) is 2.03. The highest BCUT2D eigenvalue weighted by Crippen LogP contribution is 2.24. The van der Waals surface area contributed by atoms with Crippen LogP contribution in [0.2, 0.25) is 0 Å². The van der Waals surface area contributed by atoms with Gasteiger partial charge in [-0.3, -0.25) is 5.32 Å². The van der Waals surface area contributed by atoms with Gasteiger partial charge in [0.15, 0.2) is 0 Å². The van der Waals surface area contributed by atoms with E-state index in [2.05, 4.69) is 33.9 Å². The van der Waals surface area contributed by atoms with Crippen molar-refractivity contribution in [2.45, 2.75) is 11.5 Å². The van der Waals surface area contributed by atoms with Crippen molar-refractivity contribution < 1.29 is 9.53 Å². The zero-order valence-corrected chi connectivity index (χ0v) is 12.4. The molecule has 2 aromatic rings. The Kier molecular flexibility index (Phi) is 4.87. The van der Waals surface area contributed by atoms with Crippen LogP contribution in [-0.2, 0) is 11.3 Å². The standard InChI is InChI=1S/C14H12BrNO2S/c15-11-6-7-13(19)12(8-11)16-14(17)18-9-10-4-2-1-3-5-10/h1-8,19H,9H2,(H,16,17). The van der Waals surface area contributed by atoms with E-state index in [0.717, 1.165) is 10.0 Å². The van der Waals surface area contributed by atoms with Crippen LogP contribution >= 0.6 is 28.6 Å². The summed E-state index contributed by atoms with van der Waals surface area (Å²) >= 11 is 7.60. The first-order chi connectivity index (χ1) is 9.15. The van der Waals surface area contributed by atoms with Gasteiger partial charge in [0.05, 0.1) is 5.69 Å². The molecule has 2 aromatic carbocycles. The molecule has 0 aliphatic heterocycles. The Balaban J connectivity index is 1.93. The number of anilines is 1. The molecule has 3 nitrogen and oxygen atoms in total. The summed E-state index contributed by atoms with van der Waals surface area (Å²) in [6, 6.07) is 14.9. The van der Waals surface area contributed by atoms with Crippen LogP contribution in [0.5, 0.6) is 0 Å². The number of carbonyl (C=O) groups is 1. The van der Waals surface area contributed by atoms with Crippen LogP contribution in [0.25, 0.3) is 0 Å². The Bertz CT molecular complexity index is 575. The molecule has 0 unspecified atom stereocenters. The first-order valence-electron chi connectivity index (χ1n) is 5.61. The molecule has 0 bridgehead atoms. The molecule has 19 heavy (non-hydrogen) atoms. The molecule has 5 heteroatoms. The molecule has 1 N–H and O–H groups in total. The Hall–Kier alpha value is -1.46. The molecule has 0 aromatic heterocycles. The summed E-state index contributed by atoms with van der Waals surface area (Å²) < 4.78 is 5.99. The molecule has 0 spiro atoms. The third-order valence-electron chi connectivity index (χ3n) is 2.41. The second kappa shape index (κ2) is 6.63. The molecule has 1 amide bonds. The average Bonchev–Trinajstić information content (AvgIpc) is 2.42. The lowest BCUT2D eigenvalue weighted by Crippen LogP contribution is -2.13. The molecule has 0 radical (unpaired) electrons. The van der Waals surface area contributed by atoms with Gasteiger partial charge >= 0.3 is 6.09 Å². The highest BCUT2D eigenvalue weighted by Gasteiger charge is 2.06. The molecule has 0 heterocycles. The summed E-state index contributed by atoms with van der Waals surface area (Å²) in [7, 11) is 0. The first kappa shape index (κ1) is 14.0. The molecule has 98 valence electrons. The normalized spacial score (nSPS) is 10.0. The van der Waals surface area contributed by atoms with Gasteiger partial charge in [-0.2, -0.15) is 0 Å². The molecule has 0 aliphatic rings. The minimum atomic E-state index is -0.503. The number of thiol groups is 1. The van der Waals surface area contributed by atoms with Crippen LogP contribution in [0.15, 0.2) is 57.9 Å². The fraction of sp³-hybridized carbons (Fsp3) is 0.0714. The summed E-state index contributed by atoms with van der Waals surface area (Å²) in [4.78, 5) is 12.3. The van der Waals surface area contributed by atoms with E-state index in [1.807, 2.05) is 36.4 Å². The molecule has 0 aliphatic carbocycles. The average molecular weight is 338 g/mol. The number of amides is 1. The SMILES string of the molecule is O=C(Nc1cc(Br)ccc1S)OCc1ccccc1. The Morgan fingerprint density at radius 2 is 1.95 bits per heavy atom. The quantitative estimate of drug-likeness (QED) is 0.810. The van der Waals surface area contributed by atoms with Crippen molar-refractivity contribution >= 4 is 40.3 Å². The number of rotatable bonds is 3. The van der Waals surface area contributed by atoms with E-state index in [9.17, 15) is 4.79 Å². The second-order valence-corrected chi connectivity index (χ2v) is 5.25. The number of ether oxygens (including phenoxy) is 1. The minimum Gasteiger partial charge on any atom is -0.444 e. The van der Waals surface area contributed by atoms with Gasteiger partial charge in [-0.1, -0.05) is 46.3 Å². The van der Waals surface area contributed by atoms with E-state index in [4.69, 9.17) is 4.74 Å². The predicted molar refractivity (Wildman–Crippen MR) is 81.6 cm³/mol. The summed E-state index contributed by atoms with van der Waals surface area (Å²) in [5.41, 5.74) is 1.55. The van der Waals surface area contributed by atoms with Crippen molar-refractivity contribution in [1.82, 2.24) is 0 Å². The van der Waals surface area contributed by atoms with Crippen LogP contribution in [0, 0.1) is 0 Å². The topological polar surface area (TPSA) is 38.3 Å². The minimum absolute atomic E-state index is 0.239. The summed E-state index contributed by atoms with van der Waals surface area (Å²) in [6.07, 6.45) is -0.503. The molecule has 0 saturated heterocycles. The molecular weight excluding hydrogens is 326 g/mol. The van der Waals surface area contributed by atoms with Crippen molar-refractivity contribution in [1.29, 1.82) is 0 Å². The van der Waals surface area contributed by atoms with Crippen LogP contribution in [0.1, 0.15) is 5.56 Å². The van der Waals surface area contributed by atoms with Crippen molar-refractivity contribution in [3.8, 4) is 0 Å². The van der Waals surface area contributed by atoms with Crippen molar-refractivity contribution in [3.05, 3.63) is 58.6 Å². The van der Waals surface area contributed by atoms with Gasteiger partial charge in [0.2, 0.25) is 0 Å². The van der Waals surface area contributed by atoms with Crippen LogP contribution in [0.4, 0.5) is 10.5 Å². The molecule has 0 atom stereocenters. The zero-order chi connectivity index (χ0) is 13.7. The largest absolute Gasteiger partial charge is 0.444 e. The van der Waals surface area contributed by atoms with Gasteiger partial charge < -0.3 is 4.74 Å². The zero-order valence-electron chi connectivity index (χ0n) is 9.97. The molecule has 2 rings (SSSR count). The number of benzene rings is 2. The number of hydrogen-bond acceptors (Lipinski definition) is 3. The second-order valence-electron chi connectivity index (χ2n) is 3.85. The number of nitrogens with one attached hydrogen (secondary N) is 1. The van der Waals surface area contributed by atoms with Gasteiger partial charge in [-0.25, -0.2) is 4.79 Å². The van der Waals surface area contributed by atoms with Gasteiger partial charge in [-0.05, 0) is 23.8 Å². The Morgan fingerprint density at radius 3 is 2.68 bits per heavy atom. The van der Waals surface area contributed by atoms with Gasteiger partial charge in [0, 0.05) is 9.37 Å². The smallest absolute Gasteiger partial charge is 0.411 e. The highest BCUT2D eigenvalue weighted by atomic mass is 79.9. The van der Waals surface area contributed by atoms with Crippen LogP contribution in [0.3, 0.4) is 0 Å². The van der Waals surface area contributed by atoms with Crippen molar-refractivity contribution in [2.24, 2.45) is 0 Å². The molecule has 0 saturated carbocycles. The first-order valence-corrected chi connectivity index (χ1v) is 6.85. The van der Waals surface area contributed by atoms with E-state index in [0.29, 0.717) is 10.6 Å². The lowest BCUT2D eigenvalue weighted by molar-refractivity contribution is 0.155. The maximum absolute atomic E-state index is 11.7. The van der Waals surface area contributed by atoms with Crippen LogP contribution in [-0.4, -0.2) is 6.09 Å². The third-order valence-corrected chi connectivity index (χ3v) is 3.29. The van der Waals surface area contributed by atoms with E-state index in [-0.39, 0.29) is 6.61 Å². The fourth-order valence-electron chi connectivity index (χ4n) is 1.48. The number of hydrogen-bond donors (Lipinski definition) is 2. The maximum atomic E-state index is 11.7. The van der Waals surface area contributed by atoms with Gasteiger partial charge in [0.25, 0.3) is 0 Å². The lowest BCUT2D eigenvalue weighted by atomic mass is 10.2. The van der Waals surface area contributed by atoms with Crippen LogP contribution < -0.4 is 5.32 Å². The summed E-state index contributed by atoms with van der Waals surface area (Å²) in [5, 5.41) is 2.65. The lowest BCUT2D eigenvalue weighted by Gasteiger charge is -2.09. The third kappa shape index (κ3) is 4.29. The van der Waals surface area contributed by atoms with Crippen molar-refractivity contribution in [2.75, 3.05) is 5.32 Å². The van der Waals surface area contributed by atoms with E-state index in [1.165, 1.54) is 0 Å². The maximum Gasteiger partial charge on any atom is 0.411 e. The van der Waals surface area contributed by atoms with E-state index >= 15 is 0 Å². The Labute approximate surface area is 125 Å². The van der Waals surface area contributed by atoms with E-state index in [1.54, 1.807) is 12.1 Å². The highest BCUT2D eigenvalue weighted by molar-refractivity contribution is 9.10. The summed E-state index contributed by atoms with van der Waals surface area (Å²) in [6.45, 7) is 0.239. The van der Waals surface area contributed by atoms with Crippen molar-refractivity contribution in [3.63, 3.8) is 0 Å². The monoisotopic (exact) mass is 337 g/mol. The Morgan fingerprint density at radius 1 is 1.21 bits per heavy atom. The van der Waals surface area contributed by atoms with Gasteiger partial charge in [0.1, 0.15) is 6.61 Å².